The summed E-state index contributed by atoms with van der Waals surface area (Å²) in [7, 11) is 0. The number of nitrogens with one attached hydrogen (secondary N) is 1. The van der Waals surface area contributed by atoms with Gasteiger partial charge < -0.3 is 5.32 Å². The van der Waals surface area contributed by atoms with Crippen molar-refractivity contribution in [2.24, 2.45) is 0 Å². The van der Waals surface area contributed by atoms with Crippen molar-refractivity contribution in [2.75, 3.05) is 18.1 Å². The lowest BCUT2D eigenvalue weighted by atomic mass is 9.86. The second kappa shape index (κ2) is 5.45. The Kier molecular flexibility index (Phi) is 4.13. The highest BCUT2D eigenvalue weighted by Gasteiger charge is 2.22. The van der Waals surface area contributed by atoms with Crippen LogP contribution in [0.4, 0.5) is 0 Å². The third kappa shape index (κ3) is 3.15. The first kappa shape index (κ1) is 13.6. The molecule has 1 aliphatic heterocycles. The van der Waals surface area contributed by atoms with Crippen molar-refractivity contribution in [3.8, 4) is 0 Å². The normalized spacial score (nSPS) is 20.7. The predicted molar refractivity (Wildman–Crippen MR) is 78.6 cm³/mol. The van der Waals surface area contributed by atoms with E-state index in [1.807, 2.05) is 23.9 Å². The van der Waals surface area contributed by atoms with E-state index in [2.05, 4.69) is 38.2 Å². The molecule has 0 saturated carbocycles. The molecule has 1 aromatic rings. The average Bonchev–Trinajstić information content (AvgIpc) is 2.38. The highest BCUT2D eigenvalue weighted by molar-refractivity contribution is 7.99. The van der Waals surface area contributed by atoms with Crippen molar-refractivity contribution in [2.45, 2.75) is 32.2 Å². The van der Waals surface area contributed by atoms with Gasteiger partial charge in [-0.15, -0.1) is 0 Å². The quantitative estimate of drug-likeness (QED) is 0.832. The Morgan fingerprint density at radius 1 is 1.28 bits per heavy atom. The van der Waals surface area contributed by atoms with Crippen LogP contribution in [0.25, 0.3) is 0 Å². The van der Waals surface area contributed by atoms with Crippen LogP contribution in [0, 0.1) is 0 Å². The van der Waals surface area contributed by atoms with Crippen LogP contribution in [0.3, 0.4) is 0 Å². The molecule has 1 N–H and O–H groups in total. The summed E-state index contributed by atoms with van der Waals surface area (Å²) in [6, 6.07) is 8.06. The van der Waals surface area contributed by atoms with Gasteiger partial charge in [0.15, 0.2) is 5.78 Å². The van der Waals surface area contributed by atoms with E-state index in [-0.39, 0.29) is 17.2 Å². The maximum Gasteiger partial charge on any atom is 0.180 e. The maximum absolute atomic E-state index is 12.3. The lowest BCUT2D eigenvalue weighted by Gasteiger charge is -2.23. The molecular formula is C15H21NOS. The first-order valence-electron chi connectivity index (χ1n) is 6.44. The molecule has 0 spiro atoms. The van der Waals surface area contributed by atoms with E-state index >= 15 is 0 Å². The number of carbonyl (C=O) groups is 1. The second-order valence-corrected chi connectivity index (χ2v) is 6.92. The van der Waals surface area contributed by atoms with Crippen LogP contribution in [0.2, 0.25) is 0 Å². The van der Waals surface area contributed by atoms with Crippen LogP contribution in [0.1, 0.15) is 36.7 Å². The highest BCUT2D eigenvalue weighted by Crippen LogP contribution is 2.23. The third-order valence-corrected chi connectivity index (χ3v) is 4.34. The number of thioether (sulfide) groups is 1. The summed E-state index contributed by atoms with van der Waals surface area (Å²) in [6.45, 7) is 7.48. The van der Waals surface area contributed by atoms with Gasteiger partial charge in [0, 0.05) is 23.6 Å². The summed E-state index contributed by atoms with van der Waals surface area (Å²) in [4.78, 5) is 12.3. The summed E-state index contributed by atoms with van der Waals surface area (Å²) in [5, 5.41) is 3.29. The number of hydrogen-bond acceptors (Lipinski definition) is 3. The van der Waals surface area contributed by atoms with Crippen LogP contribution in [-0.2, 0) is 5.41 Å². The van der Waals surface area contributed by atoms with Gasteiger partial charge in [-0.1, -0.05) is 45.0 Å². The molecule has 0 bridgehead atoms. The van der Waals surface area contributed by atoms with Gasteiger partial charge >= 0.3 is 0 Å². The molecule has 18 heavy (non-hydrogen) atoms. The van der Waals surface area contributed by atoms with Gasteiger partial charge in [0.25, 0.3) is 0 Å². The van der Waals surface area contributed by atoms with Crippen molar-refractivity contribution in [3.63, 3.8) is 0 Å². The zero-order valence-electron chi connectivity index (χ0n) is 11.3. The molecule has 2 nitrogen and oxygen atoms in total. The van der Waals surface area contributed by atoms with Crippen LogP contribution in [0.15, 0.2) is 24.3 Å². The molecule has 3 heteroatoms. The fourth-order valence-electron chi connectivity index (χ4n) is 2.07. The minimum atomic E-state index is -0.00997. The molecule has 1 aliphatic rings. The monoisotopic (exact) mass is 263 g/mol. The van der Waals surface area contributed by atoms with Gasteiger partial charge in [-0.25, -0.2) is 0 Å². The maximum atomic E-state index is 12.3. The Balaban J connectivity index is 2.11. The number of benzene rings is 1. The number of hydrogen-bond donors (Lipinski definition) is 1. The van der Waals surface area contributed by atoms with Crippen LogP contribution >= 0.6 is 11.8 Å². The molecule has 1 saturated heterocycles. The Morgan fingerprint density at radius 3 is 2.44 bits per heavy atom. The summed E-state index contributed by atoms with van der Waals surface area (Å²) in [5.74, 6) is 2.22. The molecule has 0 radical (unpaired) electrons. The van der Waals surface area contributed by atoms with Crippen LogP contribution in [0.5, 0.6) is 0 Å². The Labute approximate surface area is 114 Å². The topological polar surface area (TPSA) is 29.1 Å². The number of Topliss-reactive ketones (excluding diaryl/α,β-unsaturated/α-hetero) is 1. The second-order valence-electron chi connectivity index (χ2n) is 5.77. The van der Waals surface area contributed by atoms with E-state index in [1.165, 1.54) is 5.56 Å². The zero-order chi connectivity index (χ0) is 13.2. The SMILES string of the molecule is CC(C)(C)c1ccc(C(=O)C2CSCCN2)cc1. The fourth-order valence-corrected chi connectivity index (χ4v) is 3.00. The van der Waals surface area contributed by atoms with Crippen LogP contribution < -0.4 is 5.32 Å². The van der Waals surface area contributed by atoms with Gasteiger partial charge in [-0.2, -0.15) is 11.8 Å². The van der Waals surface area contributed by atoms with E-state index in [1.54, 1.807) is 0 Å². The summed E-state index contributed by atoms with van der Waals surface area (Å²) >= 11 is 1.85. The van der Waals surface area contributed by atoms with Crippen molar-refractivity contribution in [1.82, 2.24) is 5.32 Å². The summed E-state index contributed by atoms with van der Waals surface area (Å²) < 4.78 is 0. The Bertz CT molecular complexity index is 413. The van der Waals surface area contributed by atoms with Gasteiger partial charge in [-0.3, -0.25) is 4.79 Å². The van der Waals surface area contributed by atoms with Crippen molar-refractivity contribution in [1.29, 1.82) is 0 Å². The van der Waals surface area contributed by atoms with E-state index in [4.69, 9.17) is 0 Å². The largest absolute Gasteiger partial charge is 0.306 e. The predicted octanol–water partition coefficient (Wildman–Crippen LogP) is 2.87. The van der Waals surface area contributed by atoms with Crippen LogP contribution in [-0.4, -0.2) is 29.9 Å². The molecule has 1 aromatic carbocycles. The van der Waals surface area contributed by atoms with E-state index in [0.29, 0.717) is 0 Å². The minimum absolute atomic E-state index is 0.00997. The lowest BCUT2D eigenvalue weighted by Crippen LogP contribution is -2.43. The van der Waals surface area contributed by atoms with Gasteiger partial charge in [0.05, 0.1) is 6.04 Å². The highest BCUT2D eigenvalue weighted by atomic mass is 32.2. The molecule has 0 aliphatic carbocycles. The van der Waals surface area contributed by atoms with E-state index in [9.17, 15) is 4.79 Å². The zero-order valence-corrected chi connectivity index (χ0v) is 12.1. The van der Waals surface area contributed by atoms with Gasteiger partial charge in [-0.05, 0) is 11.0 Å². The molecular weight excluding hydrogens is 242 g/mol. The van der Waals surface area contributed by atoms with Crippen molar-refractivity contribution >= 4 is 17.5 Å². The smallest absolute Gasteiger partial charge is 0.180 e. The number of carbonyl (C=O) groups excluding carboxylic acids is 1. The molecule has 1 unspecified atom stereocenters. The van der Waals surface area contributed by atoms with Gasteiger partial charge in [0.2, 0.25) is 0 Å². The lowest BCUT2D eigenvalue weighted by molar-refractivity contribution is 0.0953. The summed E-state index contributed by atoms with van der Waals surface area (Å²) in [5.41, 5.74) is 2.23. The molecule has 1 fully saturated rings. The standard InChI is InChI=1S/C15H21NOS/c1-15(2,3)12-6-4-11(5-7-12)14(17)13-10-18-9-8-16-13/h4-7,13,16H,8-10H2,1-3H3. The van der Waals surface area contributed by atoms with Gasteiger partial charge in [0.1, 0.15) is 0 Å². The number of rotatable bonds is 2. The first-order chi connectivity index (χ1) is 8.48. The van der Waals surface area contributed by atoms with E-state index in [0.717, 1.165) is 23.6 Å². The number of ketones is 1. The molecule has 0 amide bonds. The molecule has 2 rings (SSSR count). The van der Waals surface area contributed by atoms with Crippen molar-refractivity contribution in [3.05, 3.63) is 35.4 Å². The average molecular weight is 263 g/mol. The van der Waals surface area contributed by atoms with E-state index < -0.39 is 0 Å². The Morgan fingerprint density at radius 2 is 1.94 bits per heavy atom. The summed E-state index contributed by atoms with van der Waals surface area (Å²) in [6.07, 6.45) is 0. The fraction of sp³-hybridized carbons (Fsp3) is 0.533. The minimum Gasteiger partial charge on any atom is -0.306 e. The first-order valence-corrected chi connectivity index (χ1v) is 7.60. The molecule has 98 valence electrons. The molecule has 1 heterocycles. The van der Waals surface area contributed by atoms with Crippen molar-refractivity contribution < 1.29 is 4.79 Å². The third-order valence-electron chi connectivity index (χ3n) is 3.27. The Hall–Kier alpha value is -0.800. The molecule has 1 atom stereocenters. The molecule has 0 aromatic heterocycles.